The predicted molar refractivity (Wildman–Crippen MR) is 114 cm³/mol. The summed E-state index contributed by atoms with van der Waals surface area (Å²) in [6.07, 6.45) is 0.955. The summed E-state index contributed by atoms with van der Waals surface area (Å²) >= 11 is 6.11. The standard InChI is InChI=1S/C22H26ClN3O2/c1-17-6-7-21-20(14-17)26(22(27)16-28-21)9-3-8-24-10-12-25(13-11-24)19-5-2-4-18(23)15-19/h2,4-7,14-15H,3,8-13,16H2,1H3. The lowest BCUT2D eigenvalue weighted by molar-refractivity contribution is -0.121. The Hall–Kier alpha value is -2.24. The summed E-state index contributed by atoms with van der Waals surface area (Å²) in [6.45, 7) is 7.95. The third-order valence-electron chi connectivity index (χ3n) is 5.46. The zero-order valence-electron chi connectivity index (χ0n) is 16.2. The molecule has 2 aromatic rings. The summed E-state index contributed by atoms with van der Waals surface area (Å²) in [5.74, 6) is 0.851. The summed E-state index contributed by atoms with van der Waals surface area (Å²) in [5.41, 5.74) is 3.24. The van der Waals surface area contributed by atoms with E-state index < -0.39 is 0 Å². The molecule has 6 heteroatoms. The van der Waals surface area contributed by atoms with Crippen molar-refractivity contribution in [1.82, 2.24) is 4.90 Å². The largest absolute Gasteiger partial charge is 0.482 e. The molecule has 2 aliphatic rings. The first kappa shape index (κ1) is 19.1. The highest BCUT2D eigenvalue weighted by atomic mass is 35.5. The lowest BCUT2D eigenvalue weighted by atomic mass is 10.1. The number of hydrogen-bond donors (Lipinski definition) is 0. The fraction of sp³-hybridized carbons (Fsp3) is 0.409. The van der Waals surface area contributed by atoms with Crippen LogP contribution in [0, 0.1) is 6.92 Å². The molecular weight excluding hydrogens is 374 g/mol. The highest BCUT2D eigenvalue weighted by Crippen LogP contribution is 2.33. The number of halogens is 1. The van der Waals surface area contributed by atoms with Crippen LogP contribution < -0.4 is 14.5 Å². The minimum atomic E-state index is 0.0453. The van der Waals surface area contributed by atoms with Crippen molar-refractivity contribution < 1.29 is 9.53 Å². The van der Waals surface area contributed by atoms with Gasteiger partial charge in [-0.15, -0.1) is 0 Å². The molecule has 5 nitrogen and oxygen atoms in total. The Balaban J connectivity index is 1.29. The third kappa shape index (κ3) is 4.26. The van der Waals surface area contributed by atoms with Crippen molar-refractivity contribution >= 4 is 28.9 Å². The van der Waals surface area contributed by atoms with Gasteiger partial charge < -0.3 is 14.5 Å². The Morgan fingerprint density at radius 1 is 1.04 bits per heavy atom. The number of nitrogens with zero attached hydrogens (tertiary/aromatic N) is 3. The van der Waals surface area contributed by atoms with Gasteiger partial charge in [0.1, 0.15) is 5.75 Å². The highest BCUT2D eigenvalue weighted by molar-refractivity contribution is 6.30. The minimum absolute atomic E-state index is 0.0453. The van der Waals surface area contributed by atoms with E-state index >= 15 is 0 Å². The van der Waals surface area contributed by atoms with Gasteiger partial charge in [-0.05, 0) is 55.8 Å². The number of fused-ring (bicyclic) bond motifs is 1. The van der Waals surface area contributed by atoms with E-state index in [9.17, 15) is 4.79 Å². The number of carbonyl (C=O) groups is 1. The monoisotopic (exact) mass is 399 g/mol. The van der Waals surface area contributed by atoms with Gasteiger partial charge in [0, 0.05) is 43.4 Å². The molecule has 2 aliphatic heterocycles. The fourth-order valence-electron chi connectivity index (χ4n) is 3.91. The van der Waals surface area contributed by atoms with Crippen LogP contribution in [0.3, 0.4) is 0 Å². The first-order valence-corrected chi connectivity index (χ1v) is 10.2. The number of anilines is 2. The molecule has 2 heterocycles. The summed E-state index contributed by atoms with van der Waals surface area (Å²) in [5, 5.41) is 0.783. The molecule has 0 bridgehead atoms. The van der Waals surface area contributed by atoms with Crippen LogP contribution >= 0.6 is 11.6 Å². The van der Waals surface area contributed by atoms with E-state index in [-0.39, 0.29) is 12.5 Å². The number of amides is 1. The molecule has 1 amide bonds. The highest BCUT2D eigenvalue weighted by Gasteiger charge is 2.25. The van der Waals surface area contributed by atoms with E-state index in [0.717, 1.165) is 67.7 Å². The molecule has 2 aromatic carbocycles. The van der Waals surface area contributed by atoms with Crippen LogP contribution in [-0.2, 0) is 4.79 Å². The number of ether oxygens (including phenoxy) is 1. The lowest BCUT2D eigenvalue weighted by Crippen LogP contribution is -2.47. The van der Waals surface area contributed by atoms with Crippen LogP contribution in [-0.4, -0.2) is 56.7 Å². The molecule has 4 rings (SSSR count). The number of carbonyl (C=O) groups excluding carboxylic acids is 1. The summed E-state index contributed by atoms with van der Waals surface area (Å²) < 4.78 is 5.56. The van der Waals surface area contributed by atoms with Gasteiger partial charge in [-0.1, -0.05) is 23.7 Å². The van der Waals surface area contributed by atoms with Gasteiger partial charge in [-0.3, -0.25) is 9.69 Å². The normalized spacial score (nSPS) is 17.4. The van der Waals surface area contributed by atoms with Crippen LogP contribution in [0.1, 0.15) is 12.0 Å². The number of hydrogen-bond acceptors (Lipinski definition) is 4. The maximum absolute atomic E-state index is 12.3. The lowest BCUT2D eigenvalue weighted by Gasteiger charge is -2.36. The van der Waals surface area contributed by atoms with E-state index in [1.54, 1.807) is 0 Å². The molecule has 0 aliphatic carbocycles. The van der Waals surface area contributed by atoms with Gasteiger partial charge in [0.2, 0.25) is 0 Å². The number of piperazine rings is 1. The van der Waals surface area contributed by atoms with Crippen molar-refractivity contribution in [2.45, 2.75) is 13.3 Å². The Kier molecular flexibility index (Phi) is 5.74. The van der Waals surface area contributed by atoms with Gasteiger partial charge >= 0.3 is 0 Å². The van der Waals surface area contributed by atoms with Gasteiger partial charge in [-0.2, -0.15) is 0 Å². The average Bonchev–Trinajstić information content (AvgIpc) is 2.70. The quantitative estimate of drug-likeness (QED) is 0.769. The Labute approximate surface area is 171 Å². The predicted octanol–water partition coefficient (Wildman–Crippen LogP) is 3.59. The molecular formula is C22H26ClN3O2. The molecule has 0 radical (unpaired) electrons. The van der Waals surface area contributed by atoms with Crippen molar-refractivity contribution in [1.29, 1.82) is 0 Å². The number of benzene rings is 2. The molecule has 1 saturated heterocycles. The van der Waals surface area contributed by atoms with Crippen LogP contribution in [0.5, 0.6) is 5.75 Å². The molecule has 0 spiro atoms. The molecule has 1 fully saturated rings. The van der Waals surface area contributed by atoms with E-state index in [1.165, 1.54) is 5.69 Å². The second-order valence-corrected chi connectivity index (χ2v) is 7.90. The fourth-order valence-corrected chi connectivity index (χ4v) is 4.10. The van der Waals surface area contributed by atoms with Crippen LogP contribution in [0.25, 0.3) is 0 Å². The van der Waals surface area contributed by atoms with Gasteiger partial charge in [0.05, 0.1) is 5.69 Å². The van der Waals surface area contributed by atoms with E-state index in [1.807, 2.05) is 48.2 Å². The van der Waals surface area contributed by atoms with Gasteiger partial charge in [-0.25, -0.2) is 0 Å². The van der Waals surface area contributed by atoms with Crippen LogP contribution in [0.4, 0.5) is 11.4 Å². The summed E-state index contributed by atoms with van der Waals surface area (Å²) in [6, 6.07) is 14.1. The molecule has 0 aromatic heterocycles. The van der Waals surface area contributed by atoms with E-state index in [4.69, 9.17) is 16.3 Å². The summed E-state index contributed by atoms with van der Waals surface area (Å²) in [4.78, 5) is 19.1. The third-order valence-corrected chi connectivity index (χ3v) is 5.69. The van der Waals surface area contributed by atoms with Gasteiger partial charge in [0.15, 0.2) is 6.61 Å². The molecule has 0 saturated carbocycles. The molecule has 0 unspecified atom stereocenters. The average molecular weight is 400 g/mol. The van der Waals surface area contributed by atoms with Gasteiger partial charge in [0.25, 0.3) is 5.91 Å². The minimum Gasteiger partial charge on any atom is -0.482 e. The zero-order valence-corrected chi connectivity index (χ0v) is 17.0. The second-order valence-electron chi connectivity index (χ2n) is 7.47. The van der Waals surface area contributed by atoms with Crippen LogP contribution in [0.15, 0.2) is 42.5 Å². The first-order chi connectivity index (χ1) is 13.6. The van der Waals surface area contributed by atoms with Crippen molar-refractivity contribution in [2.24, 2.45) is 0 Å². The van der Waals surface area contributed by atoms with E-state index in [2.05, 4.69) is 15.9 Å². The molecule has 28 heavy (non-hydrogen) atoms. The zero-order chi connectivity index (χ0) is 19.5. The SMILES string of the molecule is Cc1ccc2c(c1)N(CCCN1CCN(c3cccc(Cl)c3)CC1)C(=O)CO2. The van der Waals surface area contributed by atoms with Crippen molar-refractivity contribution in [2.75, 3.05) is 55.7 Å². The molecule has 148 valence electrons. The molecule has 0 N–H and O–H groups in total. The smallest absolute Gasteiger partial charge is 0.265 e. The first-order valence-electron chi connectivity index (χ1n) is 9.87. The van der Waals surface area contributed by atoms with Crippen molar-refractivity contribution in [3.8, 4) is 5.75 Å². The topological polar surface area (TPSA) is 36.0 Å². The Bertz CT molecular complexity index is 849. The second kappa shape index (κ2) is 8.41. The molecule has 0 atom stereocenters. The number of aryl methyl sites for hydroxylation is 1. The maximum atomic E-state index is 12.3. The van der Waals surface area contributed by atoms with Crippen LogP contribution in [0.2, 0.25) is 5.02 Å². The number of rotatable bonds is 5. The maximum Gasteiger partial charge on any atom is 0.265 e. The Morgan fingerprint density at radius 2 is 1.86 bits per heavy atom. The summed E-state index contributed by atoms with van der Waals surface area (Å²) in [7, 11) is 0. The Morgan fingerprint density at radius 3 is 2.64 bits per heavy atom. The van der Waals surface area contributed by atoms with E-state index in [0.29, 0.717) is 0 Å². The van der Waals surface area contributed by atoms with Crippen molar-refractivity contribution in [3.05, 3.63) is 53.1 Å². The van der Waals surface area contributed by atoms with Crippen molar-refractivity contribution in [3.63, 3.8) is 0 Å².